The van der Waals surface area contributed by atoms with Gasteiger partial charge in [0.15, 0.2) is 12.6 Å². The summed E-state index contributed by atoms with van der Waals surface area (Å²) in [5, 5.41) is 90.5. The molecule has 15 N–H and O–H groups in total. The fourth-order valence-corrected chi connectivity index (χ4v) is 4.35. The summed E-state index contributed by atoms with van der Waals surface area (Å²) >= 11 is 0. The second-order valence-electron chi connectivity index (χ2n) is 8.82. The number of aliphatic hydroxyl groups excluding tert-OH is 9. The highest BCUT2D eigenvalue weighted by Gasteiger charge is 2.54. The van der Waals surface area contributed by atoms with Crippen molar-refractivity contribution in [1.82, 2.24) is 0 Å². The van der Waals surface area contributed by atoms with E-state index in [2.05, 4.69) is 0 Å². The third-order valence-corrected chi connectivity index (χ3v) is 6.59. The predicted molar refractivity (Wildman–Crippen MR) is 107 cm³/mol. The van der Waals surface area contributed by atoms with Gasteiger partial charge in [-0.25, -0.2) is 0 Å². The van der Waals surface area contributed by atoms with E-state index in [1.54, 1.807) is 0 Å². The molecule has 16 heteroatoms. The van der Waals surface area contributed by atoms with Crippen LogP contribution in [0.25, 0.3) is 0 Å². The standard InChI is InChI=1S/C18H35N3O13/c19-5-8(24)3(1-22)31-17(11(5)27)33-15-6(20)10(26)7(21)16(14(15)30)34-18-13(29)12(28)9(25)4(2-23)32-18/h3-18,22-30H,1-2,19-21H2. The molecule has 3 rings (SSSR count). The lowest BCUT2D eigenvalue weighted by Gasteiger charge is -2.49. The Bertz CT molecular complexity index is 611. The molecule has 3 aliphatic rings. The fraction of sp³-hybridized carbons (Fsp3) is 1.00. The summed E-state index contributed by atoms with van der Waals surface area (Å²) in [6.45, 7) is -1.38. The van der Waals surface area contributed by atoms with Crippen molar-refractivity contribution in [2.75, 3.05) is 13.2 Å². The number of hydrogen-bond donors (Lipinski definition) is 12. The van der Waals surface area contributed by atoms with E-state index in [1.807, 2.05) is 0 Å². The van der Waals surface area contributed by atoms with E-state index in [0.29, 0.717) is 0 Å². The van der Waals surface area contributed by atoms with Crippen LogP contribution in [0.5, 0.6) is 0 Å². The van der Waals surface area contributed by atoms with Crippen LogP contribution in [0.2, 0.25) is 0 Å². The summed E-state index contributed by atoms with van der Waals surface area (Å²) in [6, 6.07) is -3.95. The van der Waals surface area contributed by atoms with Gasteiger partial charge in [-0.15, -0.1) is 0 Å². The minimum absolute atomic E-state index is 0.656. The topological polar surface area (TPSA) is 297 Å². The SMILES string of the molecule is NC1C(O)C(CO)OC(OC2C(N)C(O)C(N)C(OC3OC(CO)C(O)C(O)C3O)C2O)C1O. The van der Waals surface area contributed by atoms with E-state index in [9.17, 15) is 46.0 Å². The first-order valence-corrected chi connectivity index (χ1v) is 10.8. The summed E-state index contributed by atoms with van der Waals surface area (Å²) < 4.78 is 21.7. The Kier molecular flexibility index (Phi) is 9.18. The van der Waals surface area contributed by atoms with Crippen LogP contribution >= 0.6 is 0 Å². The van der Waals surface area contributed by atoms with Gasteiger partial charge in [0, 0.05) is 0 Å². The first-order chi connectivity index (χ1) is 15.9. The Morgan fingerprint density at radius 3 is 1.41 bits per heavy atom. The highest BCUT2D eigenvalue weighted by Crippen LogP contribution is 2.31. The molecule has 0 bridgehead atoms. The maximum Gasteiger partial charge on any atom is 0.187 e. The third kappa shape index (κ3) is 5.09. The molecule has 1 saturated carbocycles. The zero-order valence-electron chi connectivity index (χ0n) is 18.0. The molecule has 16 unspecified atom stereocenters. The van der Waals surface area contributed by atoms with Gasteiger partial charge in [-0.1, -0.05) is 0 Å². The lowest BCUT2D eigenvalue weighted by molar-refractivity contribution is -0.339. The van der Waals surface area contributed by atoms with Crippen molar-refractivity contribution >= 4 is 0 Å². The molecule has 3 fully saturated rings. The largest absolute Gasteiger partial charge is 0.394 e. The van der Waals surface area contributed by atoms with Crippen molar-refractivity contribution < 1.29 is 64.9 Å². The highest BCUT2D eigenvalue weighted by molar-refractivity contribution is 5.05. The van der Waals surface area contributed by atoms with Gasteiger partial charge in [0.2, 0.25) is 0 Å². The lowest BCUT2D eigenvalue weighted by atomic mass is 9.82. The van der Waals surface area contributed by atoms with Gasteiger partial charge in [0.25, 0.3) is 0 Å². The molecule has 16 atom stereocenters. The van der Waals surface area contributed by atoms with E-state index >= 15 is 0 Å². The molecular formula is C18H35N3O13. The summed E-state index contributed by atoms with van der Waals surface area (Å²) in [4.78, 5) is 0. The molecule has 0 aromatic rings. The zero-order chi connectivity index (χ0) is 25.5. The zero-order valence-corrected chi connectivity index (χ0v) is 18.0. The molecular weight excluding hydrogens is 466 g/mol. The molecule has 34 heavy (non-hydrogen) atoms. The van der Waals surface area contributed by atoms with Gasteiger partial charge >= 0.3 is 0 Å². The van der Waals surface area contributed by atoms with Crippen molar-refractivity contribution in [2.24, 2.45) is 17.2 Å². The summed E-state index contributed by atoms with van der Waals surface area (Å²) in [6.07, 6.45) is -20.3. The van der Waals surface area contributed by atoms with Gasteiger partial charge in [0.05, 0.1) is 37.4 Å². The lowest BCUT2D eigenvalue weighted by Crippen LogP contribution is -2.73. The summed E-state index contributed by atoms with van der Waals surface area (Å²) in [5.41, 5.74) is 17.7. The second kappa shape index (κ2) is 11.2. The predicted octanol–water partition coefficient (Wildman–Crippen LogP) is -8.29. The molecule has 2 heterocycles. The second-order valence-corrected chi connectivity index (χ2v) is 8.82. The molecule has 0 amide bonds. The van der Waals surface area contributed by atoms with Crippen LogP contribution in [0.3, 0.4) is 0 Å². The maximum absolute atomic E-state index is 10.9. The molecule has 0 radical (unpaired) electrons. The van der Waals surface area contributed by atoms with E-state index < -0.39 is 111 Å². The minimum atomic E-state index is -1.81. The van der Waals surface area contributed by atoms with Crippen molar-refractivity contribution in [3.05, 3.63) is 0 Å². The number of ether oxygens (including phenoxy) is 4. The Morgan fingerprint density at radius 2 is 0.941 bits per heavy atom. The smallest absolute Gasteiger partial charge is 0.187 e. The molecule has 2 aliphatic heterocycles. The van der Waals surface area contributed by atoms with Gasteiger partial charge in [-0.3, -0.25) is 0 Å². The number of rotatable bonds is 6. The quantitative estimate of drug-likeness (QED) is 0.161. The molecule has 2 saturated heterocycles. The van der Waals surface area contributed by atoms with E-state index in [0.717, 1.165) is 0 Å². The van der Waals surface area contributed by atoms with Gasteiger partial charge in [-0.2, -0.15) is 0 Å². The van der Waals surface area contributed by atoms with Crippen LogP contribution in [0.1, 0.15) is 0 Å². The molecule has 200 valence electrons. The normalized spacial score (nSPS) is 54.7. The van der Waals surface area contributed by atoms with Gasteiger partial charge in [0.1, 0.15) is 61.0 Å². The maximum atomic E-state index is 10.9. The van der Waals surface area contributed by atoms with Crippen LogP contribution in [0.15, 0.2) is 0 Å². The van der Waals surface area contributed by atoms with Crippen molar-refractivity contribution in [3.8, 4) is 0 Å². The van der Waals surface area contributed by atoms with Gasteiger partial charge < -0.3 is 82.1 Å². The van der Waals surface area contributed by atoms with Crippen LogP contribution in [0, 0.1) is 0 Å². The monoisotopic (exact) mass is 501 g/mol. The molecule has 0 spiro atoms. The number of nitrogens with two attached hydrogens (primary N) is 3. The van der Waals surface area contributed by atoms with E-state index in [4.69, 9.17) is 36.1 Å². The summed E-state index contributed by atoms with van der Waals surface area (Å²) in [7, 11) is 0. The first-order valence-electron chi connectivity index (χ1n) is 10.8. The Labute approximate surface area is 194 Å². The minimum Gasteiger partial charge on any atom is -0.394 e. The van der Waals surface area contributed by atoms with Crippen LogP contribution in [0.4, 0.5) is 0 Å². The van der Waals surface area contributed by atoms with Crippen molar-refractivity contribution in [3.63, 3.8) is 0 Å². The Hall–Kier alpha value is -0.640. The average Bonchev–Trinajstić information content (AvgIpc) is 2.82. The van der Waals surface area contributed by atoms with Gasteiger partial charge in [-0.05, 0) is 0 Å². The third-order valence-electron chi connectivity index (χ3n) is 6.59. The van der Waals surface area contributed by atoms with E-state index in [1.165, 1.54) is 0 Å². The molecule has 16 nitrogen and oxygen atoms in total. The Balaban J connectivity index is 1.77. The Morgan fingerprint density at radius 1 is 0.500 bits per heavy atom. The molecule has 1 aliphatic carbocycles. The number of aliphatic hydroxyl groups is 9. The van der Waals surface area contributed by atoms with Crippen molar-refractivity contribution in [2.45, 2.75) is 97.8 Å². The van der Waals surface area contributed by atoms with Crippen LogP contribution in [-0.2, 0) is 18.9 Å². The summed E-state index contributed by atoms with van der Waals surface area (Å²) in [5.74, 6) is 0. The molecule has 0 aromatic heterocycles. The van der Waals surface area contributed by atoms with E-state index in [-0.39, 0.29) is 0 Å². The van der Waals surface area contributed by atoms with Crippen LogP contribution in [-0.4, -0.2) is 157 Å². The van der Waals surface area contributed by atoms with Crippen molar-refractivity contribution in [1.29, 1.82) is 0 Å². The first kappa shape index (κ1) is 27.9. The van der Waals surface area contributed by atoms with Crippen LogP contribution < -0.4 is 17.2 Å². The average molecular weight is 501 g/mol. The highest BCUT2D eigenvalue weighted by atomic mass is 16.7. The fourth-order valence-electron chi connectivity index (χ4n) is 4.35. The number of hydrogen-bond acceptors (Lipinski definition) is 16. The molecule has 0 aromatic carbocycles.